The monoisotopic (exact) mass is 151 g/mol. The molecule has 0 saturated heterocycles. The number of hydrogen-bond donors (Lipinski definition) is 1. The summed E-state index contributed by atoms with van der Waals surface area (Å²) in [6.07, 6.45) is 11.4. The third-order valence-corrected chi connectivity index (χ3v) is 2.11. The van der Waals surface area contributed by atoms with Gasteiger partial charge < -0.3 is 5.32 Å². The number of allylic oxidation sites excluding steroid dienone is 3. The summed E-state index contributed by atoms with van der Waals surface area (Å²) in [5, 5.41) is 3.03. The first-order valence-corrected chi connectivity index (χ1v) is 4.33. The molecule has 2 atom stereocenters. The molecule has 1 aliphatic carbocycles. The second kappa shape index (κ2) is 4.22. The molecule has 0 amide bonds. The van der Waals surface area contributed by atoms with Gasteiger partial charge in [-0.1, -0.05) is 25.2 Å². The molecule has 1 N–H and O–H groups in total. The Morgan fingerprint density at radius 1 is 1.55 bits per heavy atom. The number of rotatable bonds is 2. The lowest BCUT2D eigenvalue weighted by Gasteiger charge is -2.18. The van der Waals surface area contributed by atoms with Crippen LogP contribution in [0.3, 0.4) is 0 Å². The summed E-state index contributed by atoms with van der Waals surface area (Å²) in [6, 6.07) is 0. The Kier molecular flexibility index (Phi) is 3.21. The Morgan fingerprint density at radius 2 is 2.36 bits per heavy atom. The van der Waals surface area contributed by atoms with Crippen LogP contribution < -0.4 is 5.32 Å². The Bertz CT molecular complexity index is 158. The van der Waals surface area contributed by atoms with Crippen LogP contribution in [-0.4, -0.2) is 7.05 Å². The molecule has 62 valence electrons. The first-order chi connectivity index (χ1) is 5.33. The summed E-state index contributed by atoms with van der Waals surface area (Å²) in [5.41, 5.74) is 0. The minimum atomic E-state index is 0.752. The third-order valence-electron chi connectivity index (χ3n) is 2.11. The van der Waals surface area contributed by atoms with E-state index in [9.17, 15) is 0 Å². The van der Waals surface area contributed by atoms with E-state index in [1.54, 1.807) is 0 Å². The summed E-state index contributed by atoms with van der Waals surface area (Å²) in [7, 11) is 1.94. The van der Waals surface area contributed by atoms with E-state index in [4.69, 9.17) is 0 Å². The maximum atomic E-state index is 3.03. The molecular formula is C10H17N. The molecule has 0 saturated carbocycles. The van der Waals surface area contributed by atoms with Gasteiger partial charge in [-0.2, -0.15) is 0 Å². The van der Waals surface area contributed by atoms with Crippen molar-refractivity contribution in [2.45, 2.75) is 19.8 Å². The Labute approximate surface area is 69.2 Å². The highest BCUT2D eigenvalue weighted by atomic mass is 14.8. The molecule has 0 heterocycles. The van der Waals surface area contributed by atoms with Crippen molar-refractivity contribution in [2.75, 3.05) is 7.05 Å². The molecule has 1 heteroatoms. The third kappa shape index (κ3) is 2.79. The van der Waals surface area contributed by atoms with Crippen molar-refractivity contribution >= 4 is 0 Å². The van der Waals surface area contributed by atoms with Crippen molar-refractivity contribution in [1.29, 1.82) is 0 Å². The summed E-state index contributed by atoms with van der Waals surface area (Å²) in [5.74, 6) is 1.51. The lowest BCUT2D eigenvalue weighted by molar-refractivity contribution is 0.488. The van der Waals surface area contributed by atoms with E-state index in [2.05, 4.69) is 30.5 Å². The average Bonchev–Trinajstić information content (AvgIpc) is 2.01. The summed E-state index contributed by atoms with van der Waals surface area (Å²) >= 11 is 0. The molecule has 0 aromatic carbocycles. The van der Waals surface area contributed by atoms with Gasteiger partial charge in [-0.25, -0.2) is 0 Å². The van der Waals surface area contributed by atoms with Gasteiger partial charge in [-0.15, -0.1) is 0 Å². The van der Waals surface area contributed by atoms with Crippen molar-refractivity contribution in [3.8, 4) is 0 Å². The average molecular weight is 151 g/mol. The van der Waals surface area contributed by atoms with E-state index >= 15 is 0 Å². The highest BCUT2D eigenvalue weighted by Crippen LogP contribution is 2.23. The van der Waals surface area contributed by atoms with Gasteiger partial charge in [-0.05, 0) is 30.9 Å². The van der Waals surface area contributed by atoms with Gasteiger partial charge in [0.1, 0.15) is 0 Å². The van der Waals surface area contributed by atoms with Crippen molar-refractivity contribution in [3.63, 3.8) is 0 Å². The molecule has 0 fully saturated rings. The topological polar surface area (TPSA) is 12.0 Å². The fraction of sp³-hybridized carbons (Fsp3) is 0.600. The van der Waals surface area contributed by atoms with E-state index in [1.807, 2.05) is 13.2 Å². The maximum absolute atomic E-state index is 3.03. The van der Waals surface area contributed by atoms with Crippen LogP contribution in [0.25, 0.3) is 0 Å². The standard InChI is InChI=1S/C10H17N/c1-9-4-3-5-10(8-9)6-7-11-2/h3-4,6-7,9-11H,5,8H2,1-2H3/b7-6-/t9-,10?/m1/s1. The van der Waals surface area contributed by atoms with Gasteiger partial charge in [0.05, 0.1) is 0 Å². The Balaban J connectivity index is 2.37. The largest absolute Gasteiger partial charge is 0.394 e. The number of nitrogens with one attached hydrogen (secondary N) is 1. The van der Waals surface area contributed by atoms with Crippen molar-refractivity contribution in [3.05, 3.63) is 24.4 Å². The maximum Gasteiger partial charge on any atom is 0.00276 e. The van der Waals surface area contributed by atoms with E-state index in [0.29, 0.717) is 0 Å². The van der Waals surface area contributed by atoms with E-state index in [1.165, 1.54) is 12.8 Å². The SMILES string of the molecule is CN/C=C\C1CC=C[C@@H](C)C1. The summed E-state index contributed by atoms with van der Waals surface area (Å²) in [6.45, 7) is 2.27. The molecule has 1 unspecified atom stereocenters. The number of hydrogen-bond acceptors (Lipinski definition) is 1. The second-order valence-electron chi connectivity index (χ2n) is 3.28. The highest BCUT2D eigenvalue weighted by molar-refractivity contribution is 5.00. The zero-order chi connectivity index (χ0) is 8.10. The first-order valence-electron chi connectivity index (χ1n) is 4.33. The molecule has 0 bridgehead atoms. The zero-order valence-corrected chi connectivity index (χ0v) is 7.38. The minimum absolute atomic E-state index is 0.752. The van der Waals surface area contributed by atoms with E-state index in [-0.39, 0.29) is 0 Å². The lowest BCUT2D eigenvalue weighted by atomic mass is 9.88. The first kappa shape index (κ1) is 8.38. The quantitative estimate of drug-likeness (QED) is 0.597. The Morgan fingerprint density at radius 3 is 3.00 bits per heavy atom. The van der Waals surface area contributed by atoms with Gasteiger partial charge >= 0.3 is 0 Å². The van der Waals surface area contributed by atoms with Gasteiger partial charge in [0.25, 0.3) is 0 Å². The van der Waals surface area contributed by atoms with Gasteiger partial charge in [0.2, 0.25) is 0 Å². The molecule has 1 nitrogen and oxygen atoms in total. The van der Waals surface area contributed by atoms with Crippen LogP contribution in [0.5, 0.6) is 0 Å². The predicted octanol–water partition coefficient (Wildman–Crippen LogP) is 2.32. The molecule has 0 spiro atoms. The molecule has 0 aromatic rings. The molecule has 11 heavy (non-hydrogen) atoms. The summed E-state index contributed by atoms with van der Waals surface area (Å²) in [4.78, 5) is 0. The lowest BCUT2D eigenvalue weighted by Crippen LogP contribution is -2.07. The van der Waals surface area contributed by atoms with Crippen LogP contribution in [0.15, 0.2) is 24.4 Å². The van der Waals surface area contributed by atoms with Crippen LogP contribution >= 0.6 is 0 Å². The molecule has 0 aromatic heterocycles. The predicted molar refractivity (Wildman–Crippen MR) is 49.2 cm³/mol. The highest BCUT2D eigenvalue weighted by Gasteiger charge is 2.10. The van der Waals surface area contributed by atoms with Gasteiger partial charge in [0.15, 0.2) is 0 Å². The van der Waals surface area contributed by atoms with Crippen LogP contribution in [0.2, 0.25) is 0 Å². The fourth-order valence-corrected chi connectivity index (χ4v) is 1.53. The van der Waals surface area contributed by atoms with Crippen LogP contribution in [0.1, 0.15) is 19.8 Å². The van der Waals surface area contributed by atoms with Gasteiger partial charge in [0, 0.05) is 7.05 Å². The summed E-state index contributed by atoms with van der Waals surface area (Å²) < 4.78 is 0. The molecule has 0 radical (unpaired) electrons. The minimum Gasteiger partial charge on any atom is -0.394 e. The van der Waals surface area contributed by atoms with Crippen LogP contribution in [-0.2, 0) is 0 Å². The van der Waals surface area contributed by atoms with Crippen molar-refractivity contribution < 1.29 is 0 Å². The normalized spacial score (nSPS) is 31.1. The Hall–Kier alpha value is -0.720. The zero-order valence-electron chi connectivity index (χ0n) is 7.38. The fourth-order valence-electron chi connectivity index (χ4n) is 1.53. The molecule has 1 rings (SSSR count). The molecule has 1 aliphatic rings. The van der Waals surface area contributed by atoms with Crippen molar-refractivity contribution in [2.24, 2.45) is 11.8 Å². The van der Waals surface area contributed by atoms with Gasteiger partial charge in [-0.3, -0.25) is 0 Å². The van der Waals surface area contributed by atoms with Crippen molar-refractivity contribution in [1.82, 2.24) is 5.32 Å². The molecule has 0 aliphatic heterocycles. The molecular weight excluding hydrogens is 134 g/mol. The smallest absolute Gasteiger partial charge is 0.00276 e. The van der Waals surface area contributed by atoms with Crippen LogP contribution in [0.4, 0.5) is 0 Å². The van der Waals surface area contributed by atoms with E-state index in [0.717, 1.165) is 11.8 Å². The second-order valence-corrected chi connectivity index (χ2v) is 3.28. The van der Waals surface area contributed by atoms with Crippen LogP contribution in [0, 0.1) is 11.8 Å². The van der Waals surface area contributed by atoms with E-state index < -0.39 is 0 Å².